The Hall–Kier alpha value is -0.890. The summed E-state index contributed by atoms with van der Waals surface area (Å²) in [5.74, 6) is 1.21. The molecule has 2 aliphatic rings. The Morgan fingerprint density at radius 3 is 2.71 bits per heavy atom. The van der Waals surface area contributed by atoms with Gasteiger partial charge in [0.15, 0.2) is 0 Å². The van der Waals surface area contributed by atoms with E-state index in [-0.39, 0.29) is 5.82 Å². The minimum absolute atomic E-state index is 0.0913. The van der Waals surface area contributed by atoms with Crippen LogP contribution in [0.2, 0.25) is 0 Å². The fraction of sp³-hybridized carbons (Fsp3) is 0.600. The number of nitrogens with one attached hydrogen (secondary N) is 1. The van der Waals surface area contributed by atoms with Crippen molar-refractivity contribution in [1.82, 2.24) is 5.32 Å². The topological polar surface area (TPSA) is 12.0 Å². The van der Waals surface area contributed by atoms with E-state index in [0.717, 1.165) is 18.5 Å². The summed E-state index contributed by atoms with van der Waals surface area (Å²) in [6.45, 7) is 3.21. The van der Waals surface area contributed by atoms with Gasteiger partial charge in [0.1, 0.15) is 5.82 Å². The second kappa shape index (κ2) is 4.41. The third kappa shape index (κ3) is 2.37. The van der Waals surface area contributed by atoms with Gasteiger partial charge in [-0.3, -0.25) is 0 Å². The number of hydrogen-bond donors (Lipinski definition) is 1. The van der Waals surface area contributed by atoms with Gasteiger partial charge in [-0.15, -0.1) is 0 Å². The van der Waals surface area contributed by atoms with Crippen molar-refractivity contribution >= 4 is 0 Å². The standard InChI is InChI=1S/C15H20FN/c1-10-2-4-12(16)8-15(10)14-7-3-11(14)9-17-13-5-6-13/h2,4,8,11,13-14,17H,3,5-7,9H2,1H3. The number of benzene rings is 1. The van der Waals surface area contributed by atoms with Gasteiger partial charge in [0.25, 0.3) is 0 Å². The SMILES string of the molecule is Cc1ccc(F)cc1C1CCC1CNC1CC1. The first-order chi connectivity index (χ1) is 8.24. The molecule has 2 aliphatic carbocycles. The first kappa shape index (κ1) is 11.2. The lowest BCUT2D eigenvalue weighted by molar-refractivity contribution is 0.244. The highest BCUT2D eigenvalue weighted by atomic mass is 19.1. The number of halogens is 1. The highest BCUT2D eigenvalue weighted by molar-refractivity contribution is 5.32. The van der Waals surface area contributed by atoms with Gasteiger partial charge in [-0.25, -0.2) is 4.39 Å². The molecule has 0 heterocycles. The maximum absolute atomic E-state index is 13.3. The van der Waals surface area contributed by atoms with Crippen molar-refractivity contribution in [2.24, 2.45) is 5.92 Å². The molecular weight excluding hydrogens is 213 g/mol. The molecule has 2 fully saturated rings. The molecule has 0 radical (unpaired) electrons. The summed E-state index contributed by atoms with van der Waals surface area (Å²) in [6.07, 6.45) is 5.20. The Balaban J connectivity index is 1.67. The van der Waals surface area contributed by atoms with E-state index in [1.54, 1.807) is 12.1 Å². The summed E-state index contributed by atoms with van der Waals surface area (Å²) in [5.41, 5.74) is 2.48. The Labute approximate surface area is 102 Å². The lowest BCUT2D eigenvalue weighted by Gasteiger charge is -2.38. The van der Waals surface area contributed by atoms with E-state index in [1.165, 1.54) is 36.8 Å². The quantitative estimate of drug-likeness (QED) is 0.840. The summed E-state index contributed by atoms with van der Waals surface area (Å²) in [4.78, 5) is 0. The zero-order chi connectivity index (χ0) is 11.8. The Kier molecular flexibility index (Phi) is 2.91. The van der Waals surface area contributed by atoms with E-state index >= 15 is 0 Å². The van der Waals surface area contributed by atoms with E-state index in [1.807, 2.05) is 6.07 Å². The summed E-state index contributed by atoms with van der Waals surface area (Å²) in [5, 5.41) is 3.60. The number of hydrogen-bond acceptors (Lipinski definition) is 1. The summed E-state index contributed by atoms with van der Waals surface area (Å²) in [6, 6.07) is 6.00. The smallest absolute Gasteiger partial charge is 0.123 e. The molecule has 0 spiro atoms. The third-order valence-electron chi connectivity index (χ3n) is 4.30. The maximum Gasteiger partial charge on any atom is 0.123 e. The van der Waals surface area contributed by atoms with Crippen LogP contribution in [0, 0.1) is 18.7 Å². The molecule has 3 rings (SSSR count). The normalized spacial score (nSPS) is 27.9. The molecule has 2 unspecified atom stereocenters. The largest absolute Gasteiger partial charge is 0.314 e. The Morgan fingerprint density at radius 1 is 1.24 bits per heavy atom. The van der Waals surface area contributed by atoms with Crippen LogP contribution in [0.15, 0.2) is 18.2 Å². The minimum Gasteiger partial charge on any atom is -0.314 e. The fourth-order valence-corrected chi connectivity index (χ4v) is 2.84. The van der Waals surface area contributed by atoms with Gasteiger partial charge in [0.05, 0.1) is 0 Å². The highest BCUT2D eigenvalue weighted by Crippen LogP contribution is 2.43. The van der Waals surface area contributed by atoms with E-state index < -0.39 is 0 Å². The fourth-order valence-electron chi connectivity index (χ4n) is 2.84. The van der Waals surface area contributed by atoms with Gasteiger partial charge in [-0.2, -0.15) is 0 Å². The second-order valence-electron chi connectivity index (χ2n) is 5.63. The maximum atomic E-state index is 13.3. The van der Waals surface area contributed by atoms with Gasteiger partial charge < -0.3 is 5.32 Å². The zero-order valence-corrected chi connectivity index (χ0v) is 10.4. The minimum atomic E-state index is -0.0913. The van der Waals surface area contributed by atoms with Crippen LogP contribution in [0.4, 0.5) is 4.39 Å². The van der Waals surface area contributed by atoms with Gasteiger partial charge in [0.2, 0.25) is 0 Å². The molecule has 0 aliphatic heterocycles. The summed E-state index contributed by atoms with van der Waals surface area (Å²) >= 11 is 0. The predicted molar refractivity (Wildman–Crippen MR) is 67.6 cm³/mol. The van der Waals surface area contributed by atoms with Crippen LogP contribution in [0.25, 0.3) is 0 Å². The highest BCUT2D eigenvalue weighted by Gasteiger charge is 2.34. The van der Waals surface area contributed by atoms with Crippen molar-refractivity contribution in [2.75, 3.05) is 6.54 Å². The van der Waals surface area contributed by atoms with Crippen LogP contribution in [0.5, 0.6) is 0 Å². The zero-order valence-electron chi connectivity index (χ0n) is 10.4. The first-order valence-corrected chi connectivity index (χ1v) is 6.73. The molecule has 1 nitrogen and oxygen atoms in total. The molecule has 2 heteroatoms. The summed E-state index contributed by atoms with van der Waals surface area (Å²) < 4.78 is 13.3. The van der Waals surface area contributed by atoms with Gasteiger partial charge in [-0.05, 0) is 74.2 Å². The molecule has 1 N–H and O–H groups in total. The molecular formula is C15H20FN. The third-order valence-corrected chi connectivity index (χ3v) is 4.30. The number of aryl methyl sites for hydroxylation is 1. The molecule has 0 bridgehead atoms. The molecule has 2 atom stereocenters. The van der Waals surface area contributed by atoms with Crippen molar-refractivity contribution in [1.29, 1.82) is 0 Å². The monoisotopic (exact) mass is 233 g/mol. The van der Waals surface area contributed by atoms with Gasteiger partial charge in [-0.1, -0.05) is 6.07 Å². The second-order valence-corrected chi connectivity index (χ2v) is 5.63. The first-order valence-electron chi connectivity index (χ1n) is 6.73. The molecule has 0 aromatic heterocycles. The summed E-state index contributed by atoms with van der Waals surface area (Å²) in [7, 11) is 0. The van der Waals surface area contributed by atoms with Crippen molar-refractivity contribution < 1.29 is 4.39 Å². The molecule has 17 heavy (non-hydrogen) atoms. The predicted octanol–water partition coefficient (Wildman–Crippen LogP) is 3.38. The molecule has 2 saturated carbocycles. The van der Waals surface area contributed by atoms with Crippen LogP contribution in [-0.2, 0) is 0 Å². The molecule has 0 amide bonds. The lowest BCUT2D eigenvalue weighted by Crippen LogP contribution is -2.35. The van der Waals surface area contributed by atoms with E-state index in [0.29, 0.717) is 5.92 Å². The lowest BCUT2D eigenvalue weighted by atomic mass is 9.69. The van der Waals surface area contributed by atoms with Crippen molar-refractivity contribution in [3.63, 3.8) is 0 Å². The molecule has 1 aromatic rings. The molecule has 1 aromatic carbocycles. The van der Waals surface area contributed by atoms with E-state index in [4.69, 9.17) is 0 Å². The Bertz CT molecular complexity index is 411. The van der Waals surface area contributed by atoms with Crippen LogP contribution in [-0.4, -0.2) is 12.6 Å². The van der Waals surface area contributed by atoms with Crippen LogP contribution < -0.4 is 5.32 Å². The number of rotatable bonds is 4. The van der Waals surface area contributed by atoms with E-state index in [2.05, 4.69) is 12.2 Å². The molecule has 0 saturated heterocycles. The van der Waals surface area contributed by atoms with Crippen molar-refractivity contribution in [3.8, 4) is 0 Å². The van der Waals surface area contributed by atoms with Crippen molar-refractivity contribution in [3.05, 3.63) is 35.1 Å². The van der Waals surface area contributed by atoms with Crippen LogP contribution in [0.3, 0.4) is 0 Å². The molecule has 92 valence electrons. The average Bonchev–Trinajstić information content (AvgIpc) is 3.06. The van der Waals surface area contributed by atoms with Gasteiger partial charge >= 0.3 is 0 Å². The van der Waals surface area contributed by atoms with Crippen LogP contribution >= 0.6 is 0 Å². The van der Waals surface area contributed by atoms with Crippen LogP contribution in [0.1, 0.15) is 42.7 Å². The van der Waals surface area contributed by atoms with Crippen molar-refractivity contribution in [2.45, 2.75) is 44.6 Å². The Morgan fingerprint density at radius 2 is 2.06 bits per heavy atom. The average molecular weight is 233 g/mol. The van der Waals surface area contributed by atoms with Gasteiger partial charge in [0, 0.05) is 6.04 Å². The van der Waals surface area contributed by atoms with E-state index in [9.17, 15) is 4.39 Å².